The Labute approximate surface area is 221 Å². The zero-order chi connectivity index (χ0) is 28.1. The number of carbonyl (C=O) groups is 1. The summed E-state index contributed by atoms with van der Waals surface area (Å²) in [7, 11) is 3.25. The first-order valence-corrected chi connectivity index (χ1v) is 11.7. The molecule has 7 heteroatoms. The van der Waals surface area contributed by atoms with Gasteiger partial charge in [-0.1, -0.05) is 67.4 Å². The molecule has 0 fully saturated rings. The van der Waals surface area contributed by atoms with Crippen LogP contribution in [0.5, 0.6) is 0 Å². The lowest BCUT2D eigenvalue weighted by Crippen LogP contribution is -2.13. The second-order valence-electron chi connectivity index (χ2n) is 7.72. The van der Waals surface area contributed by atoms with E-state index in [1.165, 1.54) is 18.9 Å². The first-order valence-electron chi connectivity index (χ1n) is 11.7. The number of nitrogens with zero attached hydrogens (tertiary/aromatic N) is 2. The van der Waals surface area contributed by atoms with E-state index in [-0.39, 0.29) is 5.82 Å². The van der Waals surface area contributed by atoms with Crippen LogP contribution in [0.4, 0.5) is 5.82 Å². The van der Waals surface area contributed by atoms with Crippen LogP contribution in [0, 0.1) is 6.92 Å². The van der Waals surface area contributed by atoms with Gasteiger partial charge in [-0.15, -0.1) is 0 Å². The number of aromatic nitrogens is 1. The lowest BCUT2D eigenvalue weighted by molar-refractivity contribution is 0.0600. The van der Waals surface area contributed by atoms with Gasteiger partial charge in [-0.25, -0.2) is 9.78 Å². The van der Waals surface area contributed by atoms with Crippen LogP contribution in [0.2, 0.25) is 0 Å². The zero-order valence-corrected chi connectivity index (χ0v) is 22.5. The minimum atomic E-state index is -0.481. The predicted molar refractivity (Wildman–Crippen MR) is 156 cm³/mol. The Morgan fingerprint density at radius 2 is 1.95 bits per heavy atom. The van der Waals surface area contributed by atoms with E-state index in [4.69, 9.17) is 15.2 Å². The minimum Gasteiger partial charge on any atom is -0.493 e. The van der Waals surface area contributed by atoms with E-state index >= 15 is 0 Å². The van der Waals surface area contributed by atoms with Crippen molar-refractivity contribution in [3.05, 3.63) is 108 Å². The third-order valence-electron chi connectivity index (χ3n) is 4.83. The molecular weight excluding hydrogens is 464 g/mol. The number of aliphatic imine (C=N–C) groups is 1. The number of carbonyl (C=O) groups excluding carboxylic acids is 1. The number of ether oxygens (including phenoxy) is 2. The van der Waals surface area contributed by atoms with Crippen LogP contribution >= 0.6 is 0 Å². The Kier molecular flexibility index (Phi) is 17.8. The zero-order valence-electron chi connectivity index (χ0n) is 22.5. The van der Waals surface area contributed by atoms with Gasteiger partial charge in [0.05, 0.1) is 13.7 Å². The highest BCUT2D eigenvalue weighted by Crippen LogP contribution is 2.24. The van der Waals surface area contributed by atoms with Crippen LogP contribution in [-0.2, 0) is 15.9 Å². The molecule has 1 aromatic carbocycles. The summed E-state index contributed by atoms with van der Waals surface area (Å²) in [4.78, 5) is 19.6. The fraction of sp³-hybridized carbons (Fsp3) is 0.267. The summed E-state index contributed by atoms with van der Waals surface area (Å²) in [5.74, 6) is -0.305. The van der Waals surface area contributed by atoms with Crippen LogP contribution in [-0.4, -0.2) is 45.0 Å². The van der Waals surface area contributed by atoms with Crippen molar-refractivity contribution in [3.63, 3.8) is 0 Å². The van der Waals surface area contributed by atoms with E-state index in [1.54, 1.807) is 24.5 Å². The van der Waals surface area contributed by atoms with Crippen molar-refractivity contribution in [1.29, 1.82) is 0 Å². The summed E-state index contributed by atoms with van der Waals surface area (Å²) in [6, 6.07) is 8.12. The molecule has 0 unspecified atom stereocenters. The molecular formula is C30H40N4O3. The molecule has 198 valence electrons. The summed E-state index contributed by atoms with van der Waals surface area (Å²) < 4.78 is 9.77. The Morgan fingerprint density at radius 1 is 1.27 bits per heavy atom. The standard InChI is InChI=1S/C17H18N2O2.C7H13NO.C6H9N/c1-4-13-10-19-16(18)15(17(20)21-3)14(13)9-12-7-5-11(2)6-8-12;1-3-6-9-7-4-5-8-2;1-4-6(2)5-7-3/h4-8,10H,1,9H2,2-3H3,(H2,18,19);6,8H,1,4-5,7H2,2H3;4-5H,1,3H2,2H3/b;;6-5-. The SMILES string of the molecule is C=C/C(C)=C\N=C.C=C=COCCCNC.C=Cc1cnc(N)c(C(=O)OC)c1Cc1ccc(C)cc1. The molecule has 1 aromatic heterocycles. The van der Waals surface area contributed by atoms with Crippen molar-refractivity contribution >= 4 is 24.6 Å². The van der Waals surface area contributed by atoms with Gasteiger partial charge in [0, 0.05) is 12.4 Å². The normalized spacial score (nSPS) is 9.78. The molecule has 37 heavy (non-hydrogen) atoms. The average Bonchev–Trinajstić information content (AvgIpc) is 2.90. The third-order valence-corrected chi connectivity index (χ3v) is 4.83. The van der Waals surface area contributed by atoms with E-state index in [0.717, 1.165) is 41.8 Å². The molecule has 0 bridgehead atoms. The van der Waals surface area contributed by atoms with Gasteiger partial charge in [-0.05, 0) is 69.3 Å². The number of hydrogen-bond acceptors (Lipinski definition) is 7. The van der Waals surface area contributed by atoms with E-state index in [0.29, 0.717) is 12.0 Å². The molecule has 0 aliphatic heterocycles. The fourth-order valence-electron chi connectivity index (χ4n) is 2.83. The van der Waals surface area contributed by atoms with Gasteiger partial charge < -0.3 is 20.5 Å². The number of anilines is 1. The van der Waals surface area contributed by atoms with Crippen molar-refractivity contribution in [1.82, 2.24) is 10.3 Å². The molecule has 0 atom stereocenters. The molecule has 2 aromatic rings. The highest BCUT2D eigenvalue weighted by molar-refractivity contribution is 5.96. The average molecular weight is 505 g/mol. The van der Waals surface area contributed by atoms with Crippen LogP contribution in [0.15, 0.2) is 85.0 Å². The van der Waals surface area contributed by atoms with Gasteiger partial charge in [0.2, 0.25) is 0 Å². The van der Waals surface area contributed by atoms with Crippen LogP contribution in [0.1, 0.15) is 46.0 Å². The van der Waals surface area contributed by atoms with E-state index in [1.807, 2.05) is 45.2 Å². The van der Waals surface area contributed by atoms with Gasteiger partial charge in [0.15, 0.2) is 0 Å². The van der Waals surface area contributed by atoms with Crippen molar-refractivity contribution in [2.45, 2.75) is 26.7 Å². The van der Waals surface area contributed by atoms with Crippen LogP contribution in [0.25, 0.3) is 6.08 Å². The van der Waals surface area contributed by atoms with Gasteiger partial charge in [-0.3, -0.25) is 4.99 Å². The molecule has 0 saturated carbocycles. The quantitative estimate of drug-likeness (QED) is 0.102. The van der Waals surface area contributed by atoms with Gasteiger partial charge in [-0.2, -0.15) is 0 Å². The number of benzene rings is 1. The first-order chi connectivity index (χ1) is 17.8. The maximum absolute atomic E-state index is 12.0. The lowest BCUT2D eigenvalue weighted by Gasteiger charge is -2.13. The smallest absolute Gasteiger partial charge is 0.341 e. The van der Waals surface area contributed by atoms with E-state index < -0.39 is 5.97 Å². The summed E-state index contributed by atoms with van der Waals surface area (Å²) in [6.45, 7) is 19.6. The van der Waals surface area contributed by atoms with E-state index in [9.17, 15) is 4.79 Å². The summed E-state index contributed by atoms with van der Waals surface area (Å²) >= 11 is 0. The fourth-order valence-corrected chi connectivity index (χ4v) is 2.83. The summed E-state index contributed by atoms with van der Waals surface area (Å²) in [5, 5.41) is 3.01. The maximum Gasteiger partial charge on any atom is 0.341 e. The number of hydrogen-bond donors (Lipinski definition) is 2. The number of rotatable bonds is 11. The number of nitrogens with one attached hydrogen (secondary N) is 1. The predicted octanol–water partition coefficient (Wildman–Crippen LogP) is 5.68. The second kappa shape index (κ2) is 20.0. The van der Waals surface area contributed by atoms with Crippen LogP contribution < -0.4 is 11.1 Å². The minimum absolute atomic E-state index is 0.176. The Hall–Kier alpha value is -4.19. The monoisotopic (exact) mass is 504 g/mol. The van der Waals surface area contributed by atoms with E-state index in [2.05, 4.69) is 47.5 Å². The molecule has 7 nitrogen and oxygen atoms in total. The van der Waals surface area contributed by atoms with Crippen LogP contribution in [0.3, 0.4) is 0 Å². The molecule has 0 aliphatic rings. The van der Waals surface area contributed by atoms with Gasteiger partial charge >= 0.3 is 5.97 Å². The highest BCUT2D eigenvalue weighted by Gasteiger charge is 2.19. The maximum atomic E-state index is 12.0. The highest BCUT2D eigenvalue weighted by atomic mass is 16.5. The Balaban J connectivity index is 0.000000670. The summed E-state index contributed by atoms with van der Waals surface area (Å²) in [6.07, 6.45) is 9.76. The molecule has 2 rings (SSSR count). The van der Waals surface area contributed by atoms with Crippen molar-refractivity contribution in [3.8, 4) is 0 Å². The van der Waals surface area contributed by atoms with Gasteiger partial charge in [0.1, 0.15) is 17.6 Å². The van der Waals surface area contributed by atoms with Gasteiger partial charge in [0.25, 0.3) is 0 Å². The molecule has 0 saturated heterocycles. The second-order valence-corrected chi connectivity index (χ2v) is 7.72. The third kappa shape index (κ3) is 13.5. The molecule has 0 amide bonds. The topological polar surface area (TPSA) is 98.8 Å². The first kappa shape index (κ1) is 32.8. The molecule has 0 aliphatic carbocycles. The number of methoxy groups -OCH3 is 1. The molecule has 0 radical (unpaired) electrons. The number of aryl methyl sites for hydroxylation is 1. The number of nitrogens with two attached hydrogens (primary N) is 1. The summed E-state index contributed by atoms with van der Waals surface area (Å²) in [5.41, 5.74) is 13.6. The number of allylic oxidation sites excluding steroid dienone is 2. The lowest BCUT2D eigenvalue weighted by atomic mass is 9.95. The number of esters is 1. The Morgan fingerprint density at radius 3 is 2.43 bits per heavy atom. The largest absolute Gasteiger partial charge is 0.493 e. The molecule has 0 spiro atoms. The molecule has 3 N–H and O–H groups in total. The molecule has 1 heterocycles. The van der Waals surface area contributed by atoms with Crippen molar-refractivity contribution in [2.75, 3.05) is 33.0 Å². The van der Waals surface area contributed by atoms with Crippen molar-refractivity contribution in [2.24, 2.45) is 4.99 Å². The van der Waals surface area contributed by atoms with Crippen molar-refractivity contribution < 1.29 is 14.3 Å². The Bertz CT molecular complexity index is 1080. The number of pyridine rings is 1. The number of nitrogen functional groups attached to an aromatic ring is 1.